The zero-order valence-corrected chi connectivity index (χ0v) is 16.2. The molecule has 6 nitrogen and oxygen atoms in total. The molecule has 0 unspecified atom stereocenters. The Morgan fingerprint density at radius 3 is 2.41 bits per heavy atom. The Morgan fingerprint density at radius 1 is 1.07 bits per heavy atom. The lowest BCUT2D eigenvalue weighted by atomic mass is 9.99. The number of fused-ring (bicyclic) bond motifs is 1. The minimum Gasteiger partial charge on any atom is -0.338 e. The molecule has 0 fully saturated rings. The zero-order valence-electron chi connectivity index (χ0n) is 15.4. The van der Waals surface area contributed by atoms with Crippen molar-refractivity contribution >= 4 is 27.4 Å². The summed E-state index contributed by atoms with van der Waals surface area (Å²) in [5, 5.41) is 0. The molecule has 1 aliphatic rings. The third kappa shape index (κ3) is 4.19. The van der Waals surface area contributed by atoms with Gasteiger partial charge in [-0.25, -0.2) is 8.42 Å². The Hall–Kier alpha value is -2.67. The molecule has 142 valence electrons. The fourth-order valence-electron chi connectivity index (χ4n) is 3.14. The van der Waals surface area contributed by atoms with Gasteiger partial charge in [0, 0.05) is 30.8 Å². The molecule has 0 spiro atoms. The maximum absolute atomic E-state index is 12.6. The second-order valence-electron chi connectivity index (χ2n) is 6.59. The number of nitrogens with zero attached hydrogens (tertiary/aromatic N) is 1. The molecule has 0 bridgehead atoms. The first kappa shape index (κ1) is 19.1. The molecule has 1 aliphatic heterocycles. The summed E-state index contributed by atoms with van der Waals surface area (Å²) in [4.78, 5) is 25.2. The first-order chi connectivity index (χ1) is 12.8. The summed E-state index contributed by atoms with van der Waals surface area (Å²) < 4.78 is 27.8. The average molecular weight is 386 g/mol. The van der Waals surface area contributed by atoms with Crippen molar-refractivity contribution in [1.82, 2.24) is 4.90 Å². The predicted octanol–water partition coefficient (Wildman–Crippen LogP) is 2.98. The monoisotopic (exact) mass is 386 g/mol. The van der Waals surface area contributed by atoms with Crippen molar-refractivity contribution < 1.29 is 18.0 Å². The number of anilines is 1. The molecule has 1 heterocycles. The molecule has 2 aromatic rings. The summed E-state index contributed by atoms with van der Waals surface area (Å²) in [6.07, 6.45) is 1.22. The van der Waals surface area contributed by atoms with Crippen LogP contribution in [-0.4, -0.2) is 31.6 Å². The fourth-order valence-corrected chi connectivity index (χ4v) is 4.19. The van der Waals surface area contributed by atoms with Crippen LogP contribution in [0.1, 0.15) is 41.8 Å². The van der Waals surface area contributed by atoms with Crippen molar-refractivity contribution in [2.75, 3.05) is 11.3 Å². The molecule has 3 rings (SSSR count). The van der Waals surface area contributed by atoms with Crippen LogP contribution in [-0.2, 0) is 27.8 Å². The van der Waals surface area contributed by atoms with Gasteiger partial charge in [0.25, 0.3) is 10.0 Å². The van der Waals surface area contributed by atoms with E-state index in [1.807, 2.05) is 13.0 Å². The lowest BCUT2D eigenvalue weighted by Crippen LogP contribution is -2.35. The van der Waals surface area contributed by atoms with E-state index in [0.29, 0.717) is 30.8 Å². The van der Waals surface area contributed by atoms with E-state index in [2.05, 4.69) is 4.72 Å². The normalized spacial score (nSPS) is 13.8. The molecule has 0 saturated carbocycles. The number of Topliss-reactive ketones (excluding diaryl/α,β-unsaturated/α-hetero) is 1. The Labute approximate surface area is 159 Å². The van der Waals surface area contributed by atoms with Gasteiger partial charge in [0.2, 0.25) is 5.91 Å². The van der Waals surface area contributed by atoms with Crippen LogP contribution in [0.25, 0.3) is 0 Å². The first-order valence-corrected chi connectivity index (χ1v) is 10.3. The van der Waals surface area contributed by atoms with Gasteiger partial charge >= 0.3 is 0 Å². The highest BCUT2D eigenvalue weighted by Gasteiger charge is 2.21. The number of ketones is 1. The molecule has 1 N–H and O–H groups in total. The van der Waals surface area contributed by atoms with Crippen molar-refractivity contribution in [3.8, 4) is 0 Å². The van der Waals surface area contributed by atoms with Crippen LogP contribution >= 0.6 is 0 Å². The van der Waals surface area contributed by atoms with Gasteiger partial charge in [0.15, 0.2) is 5.78 Å². The van der Waals surface area contributed by atoms with E-state index in [1.165, 1.54) is 31.2 Å². The number of amides is 1. The summed E-state index contributed by atoms with van der Waals surface area (Å²) in [6, 6.07) is 11.2. The number of hydrogen-bond acceptors (Lipinski definition) is 4. The van der Waals surface area contributed by atoms with Crippen LogP contribution < -0.4 is 4.72 Å². The number of hydrogen-bond donors (Lipinski definition) is 1. The maximum atomic E-state index is 12.6. The standard InChI is InChI=1S/C20H22N2O4S/c1-3-20(24)22-11-10-16-4-7-18(12-17(16)13-22)21-27(25,26)19-8-5-15(6-9-19)14(2)23/h4-9,12,21H,3,10-11,13H2,1-2H3. The number of benzene rings is 2. The summed E-state index contributed by atoms with van der Waals surface area (Å²) in [5.74, 6) is -0.0232. The van der Waals surface area contributed by atoms with E-state index in [4.69, 9.17) is 0 Å². The summed E-state index contributed by atoms with van der Waals surface area (Å²) in [5.41, 5.74) is 3.00. The van der Waals surface area contributed by atoms with E-state index < -0.39 is 10.0 Å². The third-order valence-corrected chi connectivity index (χ3v) is 6.09. The molecule has 27 heavy (non-hydrogen) atoms. The van der Waals surface area contributed by atoms with E-state index in [0.717, 1.165) is 17.5 Å². The molecule has 0 radical (unpaired) electrons. The summed E-state index contributed by atoms with van der Waals surface area (Å²) in [6.45, 7) is 4.44. The minimum atomic E-state index is -3.76. The van der Waals surface area contributed by atoms with E-state index in [1.54, 1.807) is 17.0 Å². The molecule has 0 aromatic heterocycles. The molecular weight excluding hydrogens is 364 g/mol. The highest BCUT2D eigenvalue weighted by Crippen LogP contribution is 2.25. The lowest BCUT2D eigenvalue weighted by Gasteiger charge is -2.29. The molecule has 0 saturated heterocycles. The molecule has 2 aromatic carbocycles. The number of carbonyl (C=O) groups excluding carboxylic acids is 2. The Bertz CT molecular complexity index is 982. The fraction of sp³-hybridized carbons (Fsp3) is 0.300. The summed E-state index contributed by atoms with van der Waals surface area (Å²) in [7, 11) is -3.76. The molecule has 0 atom stereocenters. The topological polar surface area (TPSA) is 83.6 Å². The number of rotatable bonds is 5. The van der Waals surface area contributed by atoms with Gasteiger partial charge < -0.3 is 4.90 Å². The van der Waals surface area contributed by atoms with Crippen molar-refractivity contribution in [2.24, 2.45) is 0 Å². The second kappa shape index (κ2) is 7.52. The SMILES string of the molecule is CCC(=O)N1CCc2ccc(NS(=O)(=O)c3ccc(C(C)=O)cc3)cc2C1. The van der Waals surface area contributed by atoms with Crippen molar-refractivity contribution in [2.45, 2.75) is 38.1 Å². The summed E-state index contributed by atoms with van der Waals surface area (Å²) >= 11 is 0. The third-order valence-electron chi connectivity index (χ3n) is 4.70. The van der Waals surface area contributed by atoms with Crippen LogP contribution in [0.5, 0.6) is 0 Å². The van der Waals surface area contributed by atoms with Gasteiger partial charge in [0.1, 0.15) is 0 Å². The second-order valence-corrected chi connectivity index (χ2v) is 8.27. The zero-order chi connectivity index (χ0) is 19.6. The quantitative estimate of drug-likeness (QED) is 0.801. The lowest BCUT2D eigenvalue weighted by molar-refractivity contribution is -0.131. The van der Waals surface area contributed by atoms with Crippen LogP contribution in [0, 0.1) is 0 Å². The minimum absolute atomic E-state index is 0.0907. The van der Waals surface area contributed by atoms with Gasteiger partial charge in [-0.1, -0.05) is 25.1 Å². The number of sulfonamides is 1. The highest BCUT2D eigenvalue weighted by atomic mass is 32.2. The molecule has 7 heteroatoms. The van der Waals surface area contributed by atoms with Crippen LogP contribution in [0.4, 0.5) is 5.69 Å². The van der Waals surface area contributed by atoms with Crippen LogP contribution in [0.3, 0.4) is 0 Å². The Balaban J connectivity index is 1.81. The van der Waals surface area contributed by atoms with Crippen LogP contribution in [0.15, 0.2) is 47.4 Å². The Kier molecular flexibility index (Phi) is 5.32. The van der Waals surface area contributed by atoms with Gasteiger partial charge in [0.05, 0.1) is 4.90 Å². The first-order valence-electron chi connectivity index (χ1n) is 8.83. The van der Waals surface area contributed by atoms with Gasteiger partial charge in [-0.3, -0.25) is 14.3 Å². The largest absolute Gasteiger partial charge is 0.338 e. The maximum Gasteiger partial charge on any atom is 0.261 e. The van der Waals surface area contributed by atoms with Crippen LogP contribution in [0.2, 0.25) is 0 Å². The Morgan fingerprint density at radius 2 is 1.78 bits per heavy atom. The molecule has 1 amide bonds. The van der Waals surface area contributed by atoms with Gasteiger partial charge in [-0.05, 0) is 48.7 Å². The predicted molar refractivity (Wildman–Crippen MR) is 103 cm³/mol. The van der Waals surface area contributed by atoms with E-state index in [9.17, 15) is 18.0 Å². The van der Waals surface area contributed by atoms with Gasteiger partial charge in [-0.15, -0.1) is 0 Å². The van der Waals surface area contributed by atoms with E-state index >= 15 is 0 Å². The number of nitrogens with one attached hydrogen (secondary N) is 1. The smallest absolute Gasteiger partial charge is 0.261 e. The average Bonchev–Trinajstić information content (AvgIpc) is 2.66. The van der Waals surface area contributed by atoms with Gasteiger partial charge in [-0.2, -0.15) is 0 Å². The highest BCUT2D eigenvalue weighted by molar-refractivity contribution is 7.92. The van der Waals surface area contributed by atoms with E-state index in [-0.39, 0.29) is 16.6 Å². The van der Waals surface area contributed by atoms with Crippen molar-refractivity contribution in [1.29, 1.82) is 0 Å². The molecular formula is C20H22N2O4S. The van der Waals surface area contributed by atoms with Crippen molar-refractivity contribution in [3.63, 3.8) is 0 Å². The molecule has 0 aliphatic carbocycles. The van der Waals surface area contributed by atoms with Crippen molar-refractivity contribution in [3.05, 3.63) is 59.2 Å². The number of carbonyl (C=O) groups is 2.